The Hall–Kier alpha value is -6.39. The first kappa shape index (κ1) is 28.9. The van der Waals surface area contributed by atoms with E-state index >= 15 is 0 Å². The van der Waals surface area contributed by atoms with Crippen LogP contribution in [0.5, 0.6) is 11.5 Å². The summed E-state index contributed by atoms with van der Waals surface area (Å²) in [7, 11) is 0. The van der Waals surface area contributed by atoms with Gasteiger partial charge in [-0.25, -0.2) is 0 Å². The van der Waals surface area contributed by atoms with Gasteiger partial charge in [0, 0.05) is 49.7 Å². The lowest BCUT2D eigenvalue weighted by Gasteiger charge is -2.39. The number of rotatable bonds is 0. The van der Waals surface area contributed by atoms with E-state index in [0.717, 1.165) is 34.5 Å². The molecule has 4 aromatic heterocycles. The van der Waals surface area contributed by atoms with Crippen LogP contribution >= 0.6 is 0 Å². The highest BCUT2D eigenvalue weighted by Crippen LogP contribution is 2.64. The number of pyridine rings is 1. The zero-order valence-corrected chi connectivity index (χ0v) is 31.1. The monoisotopic (exact) mass is 730 g/mol. The second-order valence-electron chi connectivity index (χ2n) is 18.1. The molecule has 7 aromatic carbocycles. The smallest absolute Gasteiger partial charge is 0.146 e. The molecular formula is C53H34N2O2. The molecule has 5 heterocycles. The molecule has 11 aromatic rings. The van der Waals surface area contributed by atoms with Gasteiger partial charge in [0.05, 0.1) is 33.5 Å². The molecule has 1 aliphatic heterocycles. The van der Waals surface area contributed by atoms with Crippen molar-refractivity contribution in [2.24, 2.45) is 11.8 Å². The fraction of sp³-hybridized carbons (Fsp3) is 0.189. The van der Waals surface area contributed by atoms with Crippen molar-refractivity contribution in [3.05, 3.63) is 155 Å². The predicted octanol–water partition coefficient (Wildman–Crippen LogP) is 13.6. The van der Waals surface area contributed by atoms with Gasteiger partial charge in [0.2, 0.25) is 0 Å². The summed E-state index contributed by atoms with van der Waals surface area (Å²) in [5, 5.41) is 10.4. The Kier molecular flexibility index (Phi) is 4.78. The van der Waals surface area contributed by atoms with Gasteiger partial charge in [-0.05, 0) is 119 Å². The summed E-state index contributed by atoms with van der Waals surface area (Å²) in [5.74, 6) is 4.64. The molecule has 268 valence electrons. The summed E-state index contributed by atoms with van der Waals surface area (Å²) in [4.78, 5) is 5.53. The van der Waals surface area contributed by atoms with Crippen LogP contribution in [-0.2, 0) is 5.41 Å². The molecule has 0 N–H and O–H groups in total. The Morgan fingerprint density at radius 3 is 2.14 bits per heavy atom. The molecule has 2 unspecified atom stereocenters. The van der Waals surface area contributed by atoms with Gasteiger partial charge in [0.1, 0.15) is 22.7 Å². The number of aromatic nitrogens is 2. The Labute approximate surface area is 327 Å². The number of fused-ring (bicyclic) bond motifs is 17. The van der Waals surface area contributed by atoms with E-state index in [1.807, 2.05) is 0 Å². The molecule has 2 atom stereocenters. The zero-order chi connectivity index (χ0) is 36.5. The Bertz CT molecular complexity index is 3580. The highest BCUT2D eigenvalue weighted by molar-refractivity contribution is 6.42. The van der Waals surface area contributed by atoms with Gasteiger partial charge in [-0.15, -0.1) is 0 Å². The fourth-order valence-electron chi connectivity index (χ4n) is 14.0. The van der Waals surface area contributed by atoms with Gasteiger partial charge in [-0.1, -0.05) is 84.9 Å². The van der Waals surface area contributed by atoms with Gasteiger partial charge in [-0.2, -0.15) is 0 Å². The number of para-hydroxylation sites is 2. The predicted molar refractivity (Wildman–Crippen MR) is 228 cm³/mol. The molecule has 17 rings (SSSR count). The number of hydrogen-bond acceptors (Lipinski definition) is 3. The number of furan rings is 1. The van der Waals surface area contributed by atoms with Crippen LogP contribution in [0, 0.1) is 11.8 Å². The van der Waals surface area contributed by atoms with Gasteiger partial charge >= 0.3 is 0 Å². The molecule has 0 radical (unpaired) electrons. The molecule has 4 heteroatoms. The van der Waals surface area contributed by atoms with Gasteiger partial charge in [-0.3, -0.25) is 4.98 Å². The maximum absolute atomic E-state index is 7.13. The minimum atomic E-state index is -0.545. The molecule has 57 heavy (non-hydrogen) atoms. The normalized spacial score (nSPS) is 22.3. The van der Waals surface area contributed by atoms with Crippen LogP contribution in [0.25, 0.3) is 81.9 Å². The van der Waals surface area contributed by atoms with E-state index in [4.69, 9.17) is 14.1 Å². The second-order valence-corrected chi connectivity index (χ2v) is 18.1. The van der Waals surface area contributed by atoms with Crippen LogP contribution in [0.4, 0.5) is 0 Å². The SMILES string of the molecule is c1ccc2c(c1)Oc1ccccc1C21c2ccccc2-c2cc3c(cc21)c1c2oc4cccc5ccc(c2c54)c2c4c5c(ncc4n3c12)C1CC2CC(C1)CC5C2. The number of hydrogen-bond donors (Lipinski definition) is 0. The van der Waals surface area contributed by atoms with Crippen molar-refractivity contribution in [1.82, 2.24) is 9.38 Å². The summed E-state index contributed by atoms with van der Waals surface area (Å²) in [6.45, 7) is 0. The largest absolute Gasteiger partial charge is 0.457 e. The Morgan fingerprint density at radius 1 is 0.561 bits per heavy atom. The molecule has 1 spiro atoms. The number of nitrogens with zero attached hydrogens (tertiary/aromatic N) is 2. The molecule has 4 bridgehead atoms. The maximum Gasteiger partial charge on any atom is 0.146 e. The summed E-state index contributed by atoms with van der Waals surface area (Å²) >= 11 is 0. The lowest BCUT2D eigenvalue weighted by Crippen LogP contribution is -2.32. The summed E-state index contributed by atoms with van der Waals surface area (Å²) in [6, 6.07) is 42.8. The summed E-state index contributed by atoms with van der Waals surface area (Å²) in [6.07, 6.45) is 8.91. The van der Waals surface area contributed by atoms with Gasteiger partial charge < -0.3 is 13.6 Å². The molecule has 5 aliphatic carbocycles. The molecular weight excluding hydrogens is 697 g/mol. The standard InChI is InChI=1S/C53H34N2O2/c1-2-10-35-31(9-1)33-24-39-34(23-38(33)53(35)36-11-3-5-13-41(36)56-42-14-6-4-12-37(42)53)48-51-46(32-17-16-28-8-7-15-43-44(28)47(32)52(48)57-43)49-40(55(39)51)25-54-50-30-21-26-18-27(22-30)20-29(19-26)45(49)50/h1-17,23-27,29-30H,18-22H2. The first-order valence-corrected chi connectivity index (χ1v) is 21.0. The van der Waals surface area contributed by atoms with Crippen molar-refractivity contribution < 1.29 is 9.15 Å². The van der Waals surface area contributed by atoms with E-state index in [1.165, 1.54) is 131 Å². The van der Waals surface area contributed by atoms with Crippen LogP contribution in [0.15, 0.2) is 126 Å². The molecule has 0 saturated heterocycles. The first-order chi connectivity index (χ1) is 28.2. The average Bonchev–Trinajstić information content (AvgIpc) is 3.94. The van der Waals surface area contributed by atoms with Crippen LogP contribution in [0.2, 0.25) is 0 Å². The van der Waals surface area contributed by atoms with E-state index in [0.29, 0.717) is 11.8 Å². The third kappa shape index (κ3) is 3.10. The maximum atomic E-state index is 7.13. The minimum absolute atomic E-state index is 0.545. The van der Waals surface area contributed by atoms with Crippen molar-refractivity contribution in [2.75, 3.05) is 0 Å². The minimum Gasteiger partial charge on any atom is -0.457 e. The Balaban J connectivity index is 1.14. The van der Waals surface area contributed by atoms with Crippen LogP contribution < -0.4 is 4.74 Å². The molecule has 4 nitrogen and oxygen atoms in total. The van der Waals surface area contributed by atoms with Crippen molar-refractivity contribution >= 4 is 70.8 Å². The number of benzene rings is 7. The van der Waals surface area contributed by atoms with Crippen molar-refractivity contribution in [3.63, 3.8) is 0 Å². The zero-order valence-electron chi connectivity index (χ0n) is 31.1. The van der Waals surface area contributed by atoms with Crippen molar-refractivity contribution in [3.8, 4) is 22.6 Å². The third-order valence-corrected chi connectivity index (χ3v) is 15.7. The van der Waals surface area contributed by atoms with Gasteiger partial charge in [0.15, 0.2) is 0 Å². The fourth-order valence-corrected chi connectivity index (χ4v) is 14.0. The lowest BCUT2D eigenvalue weighted by molar-refractivity contribution is 0.165. The van der Waals surface area contributed by atoms with Crippen LogP contribution in [-0.4, -0.2) is 9.38 Å². The molecule has 6 aliphatic rings. The van der Waals surface area contributed by atoms with Crippen molar-refractivity contribution in [1.29, 1.82) is 0 Å². The van der Waals surface area contributed by atoms with E-state index in [9.17, 15) is 0 Å². The highest BCUT2D eigenvalue weighted by Gasteiger charge is 2.52. The topological polar surface area (TPSA) is 39.7 Å². The van der Waals surface area contributed by atoms with Crippen LogP contribution in [0.1, 0.15) is 77.5 Å². The lowest BCUT2D eigenvalue weighted by atomic mass is 9.66. The third-order valence-electron chi connectivity index (χ3n) is 15.7. The van der Waals surface area contributed by atoms with Crippen molar-refractivity contribution in [2.45, 2.75) is 49.4 Å². The number of ether oxygens (including phenoxy) is 1. The second kappa shape index (κ2) is 9.41. The first-order valence-electron chi connectivity index (χ1n) is 21.0. The van der Waals surface area contributed by atoms with E-state index in [2.05, 4.69) is 126 Å². The summed E-state index contributed by atoms with van der Waals surface area (Å²) < 4.78 is 16.4. The van der Waals surface area contributed by atoms with E-state index in [-0.39, 0.29) is 0 Å². The quantitative estimate of drug-likeness (QED) is 0.146. The highest BCUT2D eigenvalue weighted by atomic mass is 16.5. The molecule has 2 fully saturated rings. The van der Waals surface area contributed by atoms with Crippen LogP contribution in [0.3, 0.4) is 0 Å². The van der Waals surface area contributed by atoms with E-state index < -0.39 is 5.41 Å². The molecule has 0 amide bonds. The average molecular weight is 731 g/mol. The van der Waals surface area contributed by atoms with E-state index in [1.54, 1.807) is 5.56 Å². The van der Waals surface area contributed by atoms with Gasteiger partial charge in [0.25, 0.3) is 0 Å². The Morgan fingerprint density at radius 2 is 1.32 bits per heavy atom. The summed E-state index contributed by atoms with van der Waals surface area (Å²) in [5.41, 5.74) is 15.7. The molecule has 2 saturated carbocycles.